The lowest BCUT2D eigenvalue weighted by molar-refractivity contribution is -0.873. The Morgan fingerprint density at radius 3 is 1.71 bits per heavy atom. The molecule has 28 heavy (non-hydrogen) atoms. The third-order valence-electron chi connectivity index (χ3n) is 4.86. The monoisotopic (exact) mass is 400 g/mol. The molecule has 0 fully saturated rings. The molecule has 0 aromatic heterocycles. The van der Waals surface area contributed by atoms with Gasteiger partial charge in [-0.3, -0.25) is 9.59 Å². The summed E-state index contributed by atoms with van der Waals surface area (Å²) < 4.78 is 5.98. The van der Waals surface area contributed by atoms with Gasteiger partial charge in [-0.15, -0.1) is 0 Å². The Morgan fingerprint density at radius 1 is 0.821 bits per heavy atom. The van der Waals surface area contributed by atoms with E-state index in [4.69, 9.17) is 9.84 Å². The second-order valence-corrected chi connectivity index (χ2v) is 9.65. The van der Waals surface area contributed by atoms with E-state index >= 15 is 0 Å². The number of carbonyl (C=O) groups excluding carboxylic acids is 1. The highest BCUT2D eigenvalue weighted by molar-refractivity contribution is 5.71. The average Bonchev–Trinajstić information content (AvgIpc) is 2.53. The summed E-state index contributed by atoms with van der Waals surface area (Å²) in [4.78, 5) is 23.0. The molecular weight excluding hydrogens is 354 g/mol. The molecule has 0 aromatic rings. The molecule has 0 radical (unpaired) electrons. The summed E-state index contributed by atoms with van der Waals surface area (Å²) in [7, 11) is 5.90. The number of unbranched alkanes of at least 4 members (excludes halogenated alkanes) is 9. The zero-order valence-corrected chi connectivity index (χ0v) is 19.2. The van der Waals surface area contributed by atoms with Gasteiger partial charge in [-0.05, 0) is 12.3 Å². The molecule has 0 saturated carbocycles. The molecular formula is C23H46NO4+. The third-order valence-corrected chi connectivity index (χ3v) is 4.86. The minimum Gasteiger partial charge on any atom is -0.481 e. The maximum Gasteiger partial charge on any atom is 0.307 e. The summed E-state index contributed by atoms with van der Waals surface area (Å²) in [6.07, 6.45) is 13.4. The lowest BCUT2D eigenvalue weighted by Gasteiger charge is -2.28. The zero-order chi connectivity index (χ0) is 21.4. The fourth-order valence-electron chi connectivity index (χ4n) is 3.43. The van der Waals surface area contributed by atoms with E-state index in [1.807, 2.05) is 21.1 Å². The smallest absolute Gasteiger partial charge is 0.307 e. The van der Waals surface area contributed by atoms with Gasteiger partial charge in [-0.1, -0.05) is 78.1 Å². The first-order valence-electron chi connectivity index (χ1n) is 11.3. The van der Waals surface area contributed by atoms with E-state index < -0.39 is 12.1 Å². The molecule has 0 aliphatic heterocycles. The van der Waals surface area contributed by atoms with Gasteiger partial charge in [-0.25, -0.2) is 0 Å². The Kier molecular flexibility index (Phi) is 15.2. The van der Waals surface area contributed by atoms with Crippen molar-refractivity contribution in [3.8, 4) is 0 Å². The predicted molar refractivity (Wildman–Crippen MR) is 115 cm³/mol. The summed E-state index contributed by atoms with van der Waals surface area (Å²) >= 11 is 0. The van der Waals surface area contributed by atoms with Crippen molar-refractivity contribution in [1.82, 2.24) is 0 Å². The van der Waals surface area contributed by atoms with Crippen LogP contribution in [0.5, 0.6) is 0 Å². The molecule has 1 N–H and O–H groups in total. The van der Waals surface area contributed by atoms with Crippen molar-refractivity contribution in [1.29, 1.82) is 0 Å². The largest absolute Gasteiger partial charge is 0.481 e. The zero-order valence-electron chi connectivity index (χ0n) is 19.2. The first-order chi connectivity index (χ1) is 13.1. The predicted octanol–water partition coefficient (Wildman–Crippen LogP) is 5.42. The summed E-state index contributed by atoms with van der Waals surface area (Å²) in [5, 5.41) is 8.99. The molecule has 0 aromatic carbocycles. The molecule has 0 aliphatic carbocycles. The van der Waals surface area contributed by atoms with Crippen LogP contribution in [-0.2, 0) is 14.3 Å². The Hall–Kier alpha value is -1.10. The van der Waals surface area contributed by atoms with Crippen LogP contribution in [0.4, 0.5) is 0 Å². The minimum absolute atomic E-state index is 0.126. The molecule has 0 aliphatic rings. The quantitative estimate of drug-likeness (QED) is 0.190. The van der Waals surface area contributed by atoms with Crippen LogP contribution < -0.4 is 0 Å². The van der Waals surface area contributed by atoms with Gasteiger partial charge < -0.3 is 14.3 Å². The first-order valence-corrected chi connectivity index (χ1v) is 11.3. The van der Waals surface area contributed by atoms with Crippen molar-refractivity contribution >= 4 is 11.9 Å². The summed E-state index contributed by atoms with van der Waals surface area (Å²) in [6, 6.07) is 0. The Balaban J connectivity index is 3.65. The number of rotatable bonds is 18. The third kappa shape index (κ3) is 19.7. The summed E-state index contributed by atoms with van der Waals surface area (Å²) in [5.74, 6) is -0.356. The van der Waals surface area contributed by atoms with Crippen molar-refractivity contribution in [2.24, 2.45) is 5.92 Å². The van der Waals surface area contributed by atoms with Crippen LogP contribution in [0.25, 0.3) is 0 Å². The molecule has 0 bridgehead atoms. The van der Waals surface area contributed by atoms with Crippen LogP contribution in [0.1, 0.15) is 97.3 Å². The van der Waals surface area contributed by atoms with Crippen LogP contribution in [0.15, 0.2) is 0 Å². The average molecular weight is 401 g/mol. The summed E-state index contributed by atoms with van der Waals surface area (Å²) in [6.45, 7) is 5.09. The number of ether oxygens (including phenoxy) is 1. The number of esters is 1. The van der Waals surface area contributed by atoms with Crippen LogP contribution >= 0.6 is 0 Å². The number of carboxylic acid groups (broad SMARTS) is 1. The second-order valence-electron chi connectivity index (χ2n) is 9.65. The van der Waals surface area contributed by atoms with Crippen LogP contribution in [0.2, 0.25) is 0 Å². The number of hydrogen-bond acceptors (Lipinski definition) is 3. The molecule has 0 rings (SSSR count). The highest BCUT2D eigenvalue weighted by atomic mass is 16.5. The van der Waals surface area contributed by atoms with Gasteiger partial charge in [-0.2, -0.15) is 0 Å². The van der Waals surface area contributed by atoms with Crippen LogP contribution in [-0.4, -0.2) is 55.3 Å². The van der Waals surface area contributed by atoms with Crippen molar-refractivity contribution < 1.29 is 23.9 Å². The van der Waals surface area contributed by atoms with Crippen LogP contribution in [0, 0.1) is 5.92 Å². The fourth-order valence-corrected chi connectivity index (χ4v) is 3.43. The lowest BCUT2D eigenvalue weighted by atomic mass is 10.0. The number of likely N-dealkylation sites (N-methyl/N-ethyl adjacent to an activating group) is 1. The maximum atomic E-state index is 12.0. The summed E-state index contributed by atoms with van der Waals surface area (Å²) in [5.41, 5.74) is 0. The van der Waals surface area contributed by atoms with Gasteiger partial charge in [0.2, 0.25) is 0 Å². The highest BCUT2D eigenvalue weighted by Crippen LogP contribution is 2.14. The van der Waals surface area contributed by atoms with Crippen LogP contribution in [0.3, 0.4) is 0 Å². The normalized spacial score (nSPS) is 12.9. The van der Waals surface area contributed by atoms with E-state index in [9.17, 15) is 9.59 Å². The Bertz CT molecular complexity index is 415. The van der Waals surface area contributed by atoms with E-state index in [2.05, 4.69) is 13.8 Å². The van der Waals surface area contributed by atoms with Crippen molar-refractivity contribution in [2.45, 2.75) is 103 Å². The Morgan fingerprint density at radius 2 is 1.29 bits per heavy atom. The molecule has 0 spiro atoms. The van der Waals surface area contributed by atoms with E-state index in [-0.39, 0.29) is 12.4 Å². The van der Waals surface area contributed by atoms with E-state index in [0.29, 0.717) is 17.4 Å². The minimum atomic E-state index is -0.925. The molecule has 1 atom stereocenters. The lowest BCUT2D eigenvalue weighted by Crippen LogP contribution is -2.43. The van der Waals surface area contributed by atoms with Gasteiger partial charge in [0.15, 0.2) is 6.10 Å². The van der Waals surface area contributed by atoms with Crippen molar-refractivity contribution in [2.75, 3.05) is 27.7 Å². The van der Waals surface area contributed by atoms with Gasteiger partial charge in [0.05, 0.1) is 27.6 Å². The first kappa shape index (κ1) is 26.9. The van der Waals surface area contributed by atoms with Gasteiger partial charge in [0.1, 0.15) is 6.54 Å². The fraction of sp³-hybridized carbons (Fsp3) is 0.913. The number of aliphatic carboxylic acids is 1. The van der Waals surface area contributed by atoms with Gasteiger partial charge in [0.25, 0.3) is 0 Å². The SMILES string of the molecule is CC(C)CCCCCCCCCCCCC(=O)OC(CC(=O)O)C[N+](C)(C)C. The highest BCUT2D eigenvalue weighted by Gasteiger charge is 2.24. The number of nitrogens with zero attached hydrogens (tertiary/aromatic N) is 1. The van der Waals surface area contributed by atoms with Crippen molar-refractivity contribution in [3.05, 3.63) is 0 Å². The second kappa shape index (κ2) is 15.8. The number of quaternary nitrogens is 1. The molecule has 1 unspecified atom stereocenters. The maximum absolute atomic E-state index is 12.0. The van der Waals surface area contributed by atoms with E-state index in [1.54, 1.807) is 0 Å². The number of carbonyl (C=O) groups is 2. The molecule has 0 amide bonds. The van der Waals surface area contributed by atoms with E-state index in [0.717, 1.165) is 25.2 Å². The molecule has 0 heterocycles. The van der Waals surface area contributed by atoms with Crippen molar-refractivity contribution in [3.63, 3.8) is 0 Å². The molecule has 5 heteroatoms. The van der Waals surface area contributed by atoms with Gasteiger partial charge >= 0.3 is 11.9 Å². The number of carboxylic acids is 1. The molecule has 0 saturated heterocycles. The van der Waals surface area contributed by atoms with E-state index in [1.165, 1.54) is 51.4 Å². The Labute approximate surface area is 173 Å². The molecule has 166 valence electrons. The molecule has 5 nitrogen and oxygen atoms in total. The standard InChI is InChI=1S/C23H45NO4/c1-20(2)16-14-12-10-8-6-7-9-11-13-15-17-23(27)28-21(18-22(25)26)19-24(3,4)5/h20-21H,6-19H2,1-5H3/p+1. The number of hydrogen-bond donors (Lipinski definition) is 1. The van der Waals surface area contributed by atoms with Gasteiger partial charge in [0, 0.05) is 6.42 Å². The topological polar surface area (TPSA) is 63.6 Å².